The molecule has 0 aromatic carbocycles. The molecule has 1 heterocycles. The monoisotopic (exact) mass is 213 g/mol. The average Bonchev–Trinajstić information content (AvgIpc) is 2.00. The third kappa shape index (κ3) is 1.95. The van der Waals surface area contributed by atoms with Gasteiger partial charge in [0.25, 0.3) is 0 Å². The maximum absolute atomic E-state index is 11.6. The van der Waals surface area contributed by atoms with Crippen LogP contribution in [0.1, 0.15) is 20.8 Å². The number of nitrogens with zero attached hydrogens (tertiary/aromatic N) is 2. The smallest absolute Gasteiger partial charge is 0.307 e. The van der Waals surface area contributed by atoms with Crippen molar-refractivity contribution in [1.82, 2.24) is 9.55 Å². The third-order valence-corrected chi connectivity index (χ3v) is 1.83. The predicted molar refractivity (Wildman–Crippen MR) is 53.0 cm³/mol. The quantitative estimate of drug-likeness (QED) is 0.532. The first-order valence-electron chi connectivity index (χ1n) is 4.25. The SMILES string of the molecule is CC(C)(C)n1c(=O)[nH]cc([N+](=O)[O-])c1=O. The highest BCUT2D eigenvalue weighted by Gasteiger charge is 2.24. The normalized spacial score (nSPS) is 11.4. The maximum atomic E-state index is 11.6. The minimum absolute atomic E-state index is 0.635. The summed E-state index contributed by atoms with van der Waals surface area (Å²) in [6.07, 6.45) is 0.812. The van der Waals surface area contributed by atoms with Crippen molar-refractivity contribution in [3.05, 3.63) is 37.1 Å². The summed E-state index contributed by atoms with van der Waals surface area (Å²) in [5, 5.41) is 10.5. The van der Waals surface area contributed by atoms with Crippen LogP contribution in [-0.2, 0) is 5.54 Å². The summed E-state index contributed by atoms with van der Waals surface area (Å²) in [6.45, 7) is 4.86. The van der Waals surface area contributed by atoms with Gasteiger partial charge in [-0.3, -0.25) is 14.9 Å². The lowest BCUT2D eigenvalue weighted by atomic mass is 10.1. The second kappa shape index (κ2) is 3.34. The molecule has 0 fully saturated rings. The molecular formula is C8H11N3O4. The molecule has 0 saturated carbocycles. The molecule has 0 saturated heterocycles. The summed E-state index contributed by atoms with van der Waals surface area (Å²) in [5.41, 5.74) is -2.98. The maximum Gasteiger partial charge on any atom is 0.350 e. The minimum atomic E-state index is -0.892. The molecule has 0 aliphatic rings. The molecule has 7 heteroatoms. The minimum Gasteiger partial charge on any atom is -0.307 e. The molecule has 1 rings (SSSR count). The number of nitro groups is 1. The van der Waals surface area contributed by atoms with Crippen LogP contribution >= 0.6 is 0 Å². The van der Waals surface area contributed by atoms with Crippen molar-refractivity contribution < 1.29 is 4.92 Å². The third-order valence-electron chi connectivity index (χ3n) is 1.83. The van der Waals surface area contributed by atoms with Gasteiger partial charge in [0.15, 0.2) is 0 Å². The Kier molecular flexibility index (Phi) is 2.48. The molecule has 0 atom stereocenters. The highest BCUT2D eigenvalue weighted by atomic mass is 16.6. The Hall–Kier alpha value is -1.92. The lowest BCUT2D eigenvalue weighted by molar-refractivity contribution is -0.387. The summed E-state index contributed by atoms with van der Waals surface area (Å²) in [5.74, 6) is 0. The molecule has 1 aromatic heterocycles. The van der Waals surface area contributed by atoms with Crippen LogP contribution in [0.4, 0.5) is 5.69 Å². The van der Waals surface area contributed by atoms with Gasteiger partial charge in [-0.25, -0.2) is 9.36 Å². The fourth-order valence-corrected chi connectivity index (χ4v) is 1.20. The van der Waals surface area contributed by atoms with E-state index in [-0.39, 0.29) is 0 Å². The molecule has 0 radical (unpaired) electrons. The van der Waals surface area contributed by atoms with Crippen LogP contribution in [-0.4, -0.2) is 14.5 Å². The zero-order valence-electron chi connectivity index (χ0n) is 8.60. The molecule has 15 heavy (non-hydrogen) atoms. The number of H-pyrrole nitrogens is 1. The van der Waals surface area contributed by atoms with Crippen LogP contribution in [0.15, 0.2) is 15.8 Å². The van der Waals surface area contributed by atoms with Crippen LogP contribution in [0, 0.1) is 10.1 Å². The largest absolute Gasteiger partial charge is 0.350 e. The van der Waals surface area contributed by atoms with Gasteiger partial charge >= 0.3 is 16.9 Å². The van der Waals surface area contributed by atoms with Crippen molar-refractivity contribution in [1.29, 1.82) is 0 Å². The Morgan fingerprint density at radius 3 is 2.33 bits per heavy atom. The fraction of sp³-hybridized carbons (Fsp3) is 0.500. The highest BCUT2D eigenvalue weighted by molar-refractivity contribution is 5.21. The van der Waals surface area contributed by atoms with E-state index in [1.807, 2.05) is 0 Å². The molecule has 0 amide bonds. The molecule has 0 aliphatic carbocycles. The van der Waals surface area contributed by atoms with Crippen LogP contribution in [0.5, 0.6) is 0 Å². The number of aromatic nitrogens is 2. The second-order valence-corrected chi connectivity index (χ2v) is 4.05. The molecule has 0 unspecified atom stereocenters. The van der Waals surface area contributed by atoms with Crippen LogP contribution in [0.3, 0.4) is 0 Å². The van der Waals surface area contributed by atoms with E-state index in [2.05, 4.69) is 4.98 Å². The van der Waals surface area contributed by atoms with Crippen molar-refractivity contribution in [2.75, 3.05) is 0 Å². The summed E-state index contributed by atoms with van der Waals surface area (Å²) in [7, 11) is 0. The van der Waals surface area contributed by atoms with Crippen molar-refractivity contribution in [3.8, 4) is 0 Å². The molecule has 0 bridgehead atoms. The topological polar surface area (TPSA) is 98.0 Å². The molecule has 7 nitrogen and oxygen atoms in total. The van der Waals surface area contributed by atoms with Gasteiger partial charge in [-0.15, -0.1) is 0 Å². The highest BCUT2D eigenvalue weighted by Crippen LogP contribution is 2.09. The van der Waals surface area contributed by atoms with Gasteiger partial charge in [0.2, 0.25) is 0 Å². The van der Waals surface area contributed by atoms with E-state index in [0.29, 0.717) is 0 Å². The van der Waals surface area contributed by atoms with Crippen LogP contribution < -0.4 is 11.2 Å². The average molecular weight is 213 g/mol. The Morgan fingerprint density at radius 1 is 1.40 bits per heavy atom. The molecule has 0 aliphatic heterocycles. The summed E-state index contributed by atoms with van der Waals surface area (Å²) in [6, 6.07) is 0. The van der Waals surface area contributed by atoms with Gasteiger partial charge in [0, 0.05) is 5.54 Å². The Labute approximate surface area is 84.5 Å². The summed E-state index contributed by atoms with van der Waals surface area (Å²) < 4.78 is 0.825. The van der Waals surface area contributed by atoms with Crippen molar-refractivity contribution in [2.45, 2.75) is 26.3 Å². The van der Waals surface area contributed by atoms with Gasteiger partial charge in [0.1, 0.15) is 0 Å². The van der Waals surface area contributed by atoms with Crippen molar-refractivity contribution in [3.63, 3.8) is 0 Å². The van der Waals surface area contributed by atoms with Gasteiger partial charge in [0.05, 0.1) is 11.1 Å². The standard InChI is InChI=1S/C8H11N3O4/c1-8(2,3)10-6(12)5(11(14)15)4-9-7(10)13/h4H,1-3H3,(H,9,13). The summed E-state index contributed by atoms with van der Waals surface area (Å²) >= 11 is 0. The van der Waals surface area contributed by atoms with Gasteiger partial charge in [-0.1, -0.05) is 0 Å². The van der Waals surface area contributed by atoms with E-state index in [1.165, 1.54) is 0 Å². The van der Waals surface area contributed by atoms with Crippen LogP contribution in [0.2, 0.25) is 0 Å². The van der Waals surface area contributed by atoms with Crippen molar-refractivity contribution >= 4 is 5.69 Å². The first-order chi connectivity index (χ1) is 6.75. The van der Waals surface area contributed by atoms with Crippen LogP contribution in [0.25, 0.3) is 0 Å². The lowest BCUT2D eigenvalue weighted by Gasteiger charge is -2.19. The first-order valence-corrected chi connectivity index (χ1v) is 4.25. The van der Waals surface area contributed by atoms with E-state index in [9.17, 15) is 19.7 Å². The Bertz CT molecular complexity index is 506. The Morgan fingerprint density at radius 2 is 1.93 bits per heavy atom. The van der Waals surface area contributed by atoms with E-state index < -0.39 is 27.4 Å². The first kappa shape index (κ1) is 11.2. The number of nitrogens with one attached hydrogen (secondary N) is 1. The predicted octanol–water partition coefficient (Wildman–Crippen LogP) is 0.200. The Balaban J connectivity index is 3.67. The molecule has 82 valence electrons. The number of hydrogen-bond donors (Lipinski definition) is 1. The molecule has 0 spiro atoms. The zero-order valence-corrected chi connectivity index (χ0v) is 8.60. The zero-order chi connectivity index (χ0) is 11.8. The number of rotatable bonds is 1. The van der Waals surface area contributed by atoms with Gasteiger partial charge in [-0.2, -0.15) is 0 Å². The van der Waals surface area contributed by atoms with Gasteiger partial charge in [-0.05, 0) is 20.8 Å². The van der Waals surface area contributed by atoms with Gasteiger partial charge < -0.3 is 4.98 Å². The van der Waals surface area contributed by atoms with E-state index in [4.69, 9.17) is 0 Å². The second-order valence-electron chi connectivity index (χ2n) is 4.05. The van der Waals surface area contributed by atoms with Crippen molar-refractivity contribution in [2.24, 2.45) is 0 Å². The molecular weight excluding hydrogens is 202 g/mol. The lowest BCUT2D eigenvalue weighted by Crippen LogP contribution is -2.45. The number of aromatic amines is 1. The summed E-state index contributed by atoms with van der Waals surface area (Å²) in [4.78, 5) is 34.8. The number of hydrogen-bond acceptors (Lipinski definition) is 4. The molecule has 1 aromatic rings. The van der Waals surface area contributed by atoms with E-state index >= 15 is 0 Å². The van der Waals surface area contributed by atoms with E-state index in [0.717, 1.165) is 10.8 Å². The van der Waals surface area contributed by atoms with E-state index in [1.54, 1.807) is 20.8 Å². The molecule has 1 N–H and O–H groups in total. The fourth-order valence-electron chi connectivity index (χ4n) is 1.20.